The monoisotopic (exact) mass is 354 g/mol. The van der Waals surface area contributed by atoms with E-state index in [0.29, 0.717) is 30.9 Å². The van der Waals surface area contributed by atoms with E-state index < -0.39 is 0 Å². The summed E-state index contributed by atoms with van der Waals surface area (Å²) in [5, 5.41) is 5.62. The Morgan fingerprint density at radius 1 is 1.12 bits per heavy atom. The summed E-state index contributed by atoms with van der Waals surface area (Å²) in [5.41, 5.74) is 2.33. The zero-order valence-electron chi connectivity index (χ0n) is 14.9. The van der Waals surface area contributed by atoms with Crippen molar-refractivity contribution in [3.05, 3.63) is 48.0 Å². The van der Waals surface area contributed by atoms with Gasteiger partial charge in [-0.3, -0.25) is 9.59 Å². The van der Waals surface area contributed by atoms with Gasteiger partial charge in [0.25, 0.3) is 0 Å². The molecular formula is C20H22N2O4. The molecule has 2 amide bonds. The minimum Gasteiger partial charge on any atom is -0.486 e. The number of para-hydroxylation sites is 2. The van der Waals surface area contributed by atoms with Crippen LogP contribution in [0.5, 0.6) is 11.5 Å². The molecule has 0 saturated carbocycles. The van der Waals surface area contributed by atoms with Gasteiger partial charge < -0.3 is 20.1 Å². The van der Waals surface area contributed by atoms with Crippen LogP contribution in [0.1, 0.15) is 25.3 Å². The Morgan fingerprint density at radius 3 is 2.62 bits per heavy atom. The first-order chi connectivity index (χ1) is 12.5. The average Bonchev–Trinajstić information content (AvgIpc) is 2.62. The second-order valence-corrected chi connectivity index (χ2v) is 6.30. The summed E-state index contributed by atoms with van der Waals surface area (Å²) in [5.74, 6) is 1.25. The molecule has 2 aromatic carbocycles. The van der Waals surface area contributed by atoms with Gasteiger partial charge in [0.2, 0.25) is 11.8 Å². The van der Waals surface area contributed by atoms with Crippen LogP contribution >= 0.6 is 0 Å². The Kier molecular flexibility index (Phi) is 5.41. The second kappa shape index (κ2) is 7.91. The van der Waals surface area contributed by atoms with E-state index in [9.17, 15) is 9.59 Å². The first-order valence-corrected chi connectivity index (χ1v) is 8.58. The smallest absolute Gasteiger partial charge is 0.224 e. The van der Waals surface area contributed by atoms with Gasteiger partial charge in [-0.05, 0) is 49.2 Å². The highest BCUT2D eigenvalue weighted by atomic mass is 16.6. The maximum absolute atomic E-state index is 12.2. The van der Waals surface area contributed by atoms with Crippen molar-refractivity contribution in [2.45, 2.75) is 32.8 Å². The third kappa shape index (κ3) is 4.53. The topological polar surface area (TPSA) is 76.7 Å². The molecule has 0 spiro atoms. The van der Waals surface area contributed by atoms with E-state index >= 15 is 0 Å². The van der Waals surface area contributed by atoms with Gasteiger partial charge in [-0.2, -0.15) is 0 Å². The van der Waals surface area contributed by atoms with E-state index in [1.807, 2.05) is 37.3 Å². The number of rotatable bonds is 5. The average molecular weight is 354 g/mol. The van der Waals surface area contributed by atoms with Crippen LogP contribution in [0.3, 0.4) is 0 Å². The lowest BCUT2D eigenvalue weighted by Crippen LogP contribution is -2.30. The Labute approximate surface area is 152 Å². The fourth-order valence-corrected chi connectivity index (χ4v) is 2.79. The summed E-state index contributed by atoms with van der Waals surface area (Å²) in [6.45, 7) is 3.78. The standard InChI is InChI=1S/C20H22N2O4/c1-13-11-15(7-9-17(13)21-14(2)23)22-20(24)10-8-16-12-25-18-5-3-4-6-19(18)26-16/h3-7,9,11,16H,8,10,12H2,1-2H3,(H,21,23)(H,22,24)/t16-/m0/s1. The number of carbonyl (C=O) groups is 2. The minimum absolute atomic E-state index is 0.0841. The van der Waals surface area contributed by atoms with Gasteiger partial charge in [-0.1, -0.05) is 12.1 Å². The van der Waals surface area contributed by atoms with Crippen molar-refractivity contribution in [1.29, 1.82) is 0 Å². The Balaban J connectivity index is 1.50. The van der Waals surface area contributed by atoms with Crippen LogP contribution in [-0.4, -0.2) is 24.5 Å². The molecule has 1 aliphatic rings. The number of carbonyl (C=O) groups excluding carboxylic acids is 2. The number of anilines is 2. The number of amides is 2. The third-order valence-electron chi connectivity index (χ3n) is 4.08. The molecule has 0 bridgehead atoms. The predicted molar refractivity (Wildman–Crippen MR) is 99.7 cm³/mol. The lowest BCUT2D eigenvalue weighted by Gasteiger charge is -2.26. The van der Waals surface area contributed by atoms with Crippen molar-refractivity contribution in [3.8, 4) is 11.5 Å². The fourth-order valence-electron chi connectivity index (χ4n) is 2.79. The van der Waals surface area contributed by atoms with Crippen LogP contribution in [-0.2, 0) is 9.59 Å². The number of benzene rings is 2. The highest BCUT2D eigenvalue weighted by molar-refractivity contribution is 5.92. The molecule has 6 nitrogen and oxygen atoms in total. The van der Waals surface area contributed by atoms with Crippen molar-refractivity contribution in [2.75, 3.05) is 17.2 Å². The Morgan fingerprint density at radius 2 is 1.88 bits per heavy atom. The van der Waals surface area contributed by atoms with E-state index in [2.05, 4.69) is 10.6 Å². The molecule has 1 atom stereocenters. The molecular weight excluding hydrogens is 332 g/mol. The van der Waals surface area contributed by atoms with Crippen LogP contribution in [0, 0.1) is 6.92 Å². The van der Waals surface area contributed by atoms with Gasteiger partial charge in [0.05, 0.1) is 0 Å². The van der Waals surface area contributed by atoms with Crippen LogP contribution in [0.2, 0.25) is 0 Å². The largest absolute Gasteiger partial charge is 0.486 e. The molecule has 0 aromatic heterocycles. The van der Waals surface area contributed by atoms with Crippen molar-refractivity contribution >= 4 is 23.2 Å². The summed E-state index contributed by atoms with van der Waals surface area (Å²) in [7, 11) is 0. The molecule has 1 aliphatic heterocycles. The molecule has 0 radical (unpaired) electrons. The molecule has 0 aliphatic carbocycles. The number of fused-ring (bicyclic) bond motifs is 1. The van der Waals surface area contributed by atoms with Crippen LogP contribution < -0.4 is 20.1 Å². The number of hydrogen-bond acceptors (Lipinski definition) is 4. The van der Waals surface area contributed by atoms with Gasteiger partial charge in [-0.15, -0.1) is 0 Å². The SMILES string of the molecule is CC(=O)Nc1ccc(NC(=O)CC[C@H]2COc3ccccc3O2)cc1C. The number of nitrogens with one attached hydrogen (secondary N) is 2. The quantitative estimate of drug-likeness (QED) is 0.861. The Hall–Kier alpha value is -3.02. The van der Waals surface area contributed by atoms with Crippen LogP contribution in [0.4, 0.5) is 11.4 Å². The van der Waals surface area contributed by atoms with Gasteiger partial charge in [0.15, 0.2) is 11.5 Å². The predicted octanol–water partition coefficient (Wildman–Crippen LogP) is 3.51. The minimum atomic E-state index is -0.139. The summed E-state index contributed by atoms with van der Waals surface area (Å²) in [4.78, 5) is 23.3. The summed E-state index contributed by atoms with van der Waals surface area (Å²) >= 11 is 0. The van der Waals surface area contributed by atoms with Gasteiger partial charge in [0.1, 0.15) is 12.7 Å². The molecule has 136 valence electrons. The highest BCUT2D eigenvalue weighted by Gasteiger charge is 2.21. The molecule has 2 N–H and O–H groups in total. The maximum atomic E-state index is 12.2. The highest BCUT2D eigenvalue weighted by Crippen LogP contribution is 2.31. The first-order valence-electron chi connectivity index (χ1n) is 8.58. The number of aryl methyl sites for hydroxylation is 1. The Bertz CT molecular complexity index is 819. The van der Waals surface area contributed by atoms with Crippen LogP contribution in [0.25, 0.3) is 0 Å². The van der Waals surface area contributed by atoms with Crippen molar-refractivity contribution in [3.63, 3.8) is 0 Å². The van der Waals surface area contributed by atoms with E-state index in [-0.39, 0.29) is 17.9 Å². The molecule has 0 unspecified atom stereocenters. The van der Waals surface area contributed by atoms with E-state index in [1.165, 1.54) is 6.92 Å². The van der Waals surface area contributed by atoms with Crippen molar-refractivity contribution < 1.29 is 19.1 Å². The summed E-state index contributed by atoms with van der Waals surface area (Å²) in [6, 6.07) is 12.9. The molecule has 0 fully saturated rings. The van der Waals surface area contributed by atoms with E-state index in [1.54, 1.807) is 12.1 Å². The lowest BCUT2D eigenvalue weighted by atomic mass is 10.1. The number of hydrogen-bond donors (Lipinski definition) is 2. The zero-order valence-corrected chi connectivity index (χ0v) is 14.9. The van der Waals surface area contributed by atoms with Crippen molar-refractivity contribution in [1.82, 2.24) is 0 Å². The summed E-state index contributed by atoms with van der Waals surface area (Å²) < 4.78 is 11.5. The van der Waals surface area contributed by atoms with Gasteiger partial charge >= 0.3 is 0 Å². The second-order valence-electron chi connectivity index (χ2n) is 6.30. The zero-order chi connectivity index (χ0) is 18.5. The molecule has 3 rings (SSSR count). The molecule has 1 heterocycles. The lowest BCUT2D eigenvalue weighted by molar-refractivity contribution is -0.117. The molecule has 0 saturated heterocycles. The normalized spacial score (nSPS) is 15.2. The van der Waals surface area contributed by atoms with Gasteiger partial charge in [-0.25, -0.2) is 0 Å². The third-order valence-corrected chi connectivity index (χ3v) is 4.08. The van der Waals surface area contributed by atoms with Crippen molar-refractivity contribution in [2.24, 2.45) is 0 Å². The van der Waals surface area contributed by atoms with E-state index in [4.69, 9.17) is 9.47 Å². The molecule has 2 aromatic rings. The molecule has 26 heavy (non-hydrogen) atoms. The van der Waals surface area contributed by atoms with Gasteiger partial charge in [0, 0.05) is 24.7 Å². The fraction of sp³-hybridized carbons (Fsp3) is 0.300. The van der Waals surface area contributed by atoms with E-state index in [0.717, 1.165) is 17.0 Å². The maximum Gasteiger partial charge on any atom is 0.224 e. The molecule has 6 heteroatoms. The number of ether oxygens (including phenoxy) is 2. The first kappa shape index (κ1) is 17.8. The van der Waals surface area contributed by atoms with Crippen LogP contribution in [0.15, 0.2) is 42.5 Å². The summed E-state index contributed by atoms with van der Waals surface area (Å²) in [6.07, 6.45) is 0.769.